The van der Waals surface area contributed by atoms with E-state index in [1.54, 1.807) is 18.4 Å². The van der Waals surface area contributed by atoms with Gasteiger partial charge in [0.15, 0.2) is 5.76 Å². The Morgan fingerprint density at radius 2 is 1.66 bits per heavy atom. The largest absolute Gasteiger partial charge is 0.463 e. The van der Waals surface area contributed by atoms with Gasteiger partial charge in [-0.3, -0.25) is 4.90 Å². The van der Waals surface area contributed by atoms with Crippen LogP contribution in [0.3, 0.4) is 0 Å². The minimum Gasteiger partial charge on any atom is -0.463 e. The van der Waals surface area contributed by atoms with Crippen LogP contribution >= 0.6 is 0 Å². The molecular formula is C26H27FN4O. The van der Waals surface area contributed by atoms with Crippen LogP contribution in [0.15, 0.2) is 77.5 Å². The Bertz CT molecular complexity index is 1150. The molecule has 0 aliphatic carbocycles. The number of halogens is 1. The smallest absolute Gasteiger partial charge is 0.154 e. The van der Waals surface area contributed by atoms with Crippen molar-refractivity contribution in [3.63, 3.8) is 0 Å². The van der Waals surface area contributed by atoms with Crippen molar-refractivity contribution in [3.8, 4) is 28.3 Å². The summed E-state index contributed by atoms with van der Waals surface area (Å²) in [5, 5.41) is 4.88. The molecule has 1 aliphatic heterocycles. The van der Waals surface area contributed by atoms with Crippen molar-refractivity contribution < 1.29 is 8.81 Å². The zero-order chi connectivity index (χ0) is 21.9. The van der Waals surface area contributed by atoms with Crippen molar-refractivity contribution in [2.45, 2.75) is 13.0 Å². The molecule has 1 aliphatic rings. The highest BCUT2D eigenvalue weighted by Crippen LogP contribution is 2.27. The summed E-state index contributed by atoms with van der Waals surface area (Å²) in [4.78, 5) is 4.88. The Morgan fingerprint density at radius 1 is 0.906 bits per heavy atom. The van der Waals surface area contributed by atoms with Gasteiger partial charge in [-0.15, -0.1) is 0 Å². The Labute approximate surface area is 187 Å². The Kier molecular flexibility index (Phi) is 5.88. The molecule has 0 spiro atoms. The van der Waals surface area contributed by atoms with Gasteiger partial charge in [-0.25, -0.2) is 9.07 Å². The number of rotatable bonds is 5. The fourth-order valence-corrected chi connectivity index (χ4v) is 4.23. The minimum atomic E-state index is -0.226. The average Bonchev–Trinajstić information content (AvgIpc) is 3.43. The third kappa shape index (κ3) is 4.52. The molecule has 6 heteroatoms. The molecule has 0 bridgehead atoms. The van der Waals surface area contributed by atoms with E-state index in [1.807, 2.05) is 41.1 Å². The van der Waals surface area contributed by atoms with Gasteiger partial charge in [-0.05, 0) is 74.1 Å². The molecule has 2 aromatic carbocycles. The van der Waals surface area contributed by atoms with Gasteiger partial charge in [0.1, 0.15) is 11.5 Å². The molecule has 164 valence electrons. The van der Waals surface area contributed by atoms with E-state index in [9.17, 15) is 4.39 Å². The molecule has 0 radical (unpaired) electrons. The van der Waals surface area contributed by atoms with E-state index < -0.39 is 0 Å². The zero-order valence-electron chi connectivity index (χ0n) is 18.2. The van der Waals surface area contributed by atoms with Gasteiger partial charge in [-0.1, -0.05) is 24.3 Å². The summed E-state index contributed by atoms with van der Waals surface area (Å²) < 4.78 is 20.8. The van der Waals surface area contributed by atoms with Crippen LogP contribution in [0.25, 0.3) is 28.3 Å². The Hall–Kier alpha value is -3.22. The van der Waals surface area contributed by atoms with Gasteiger partial charge in [0.05, 0.1) is 12.0 Å². The van der Waals surface area contributed by atoms with Crippen molar-refractivity contribution in [2.75, 3.05) is 33.2 Å². The lowest BCUT2D eigenvalue weighted by atomic mass is 10.1. The number of benzene rings is 2. The quantitative estimate of drug-likeness (QED) is 0.443. The SMILES string of the molecule is CN1CCCN(Cc2cn(-c3ccc(-c4ccc(F)cc4)cc3)nc2-c2ccco2)CC1. The first kappa shape index (κ1) is 20.7. The van der Waals surface area contributed by atoms with E-state index >= 15 is 0 Å². The van der Waals surface area contributed by atoms with Crippen LogP contribution in [-0.4, -0.2) is 52.8 Å². The summed E-state index contributed by atoms with van der Waals surface area (Å²) in [6.07, 6.45) is 4.97. The number of nitrogens with zero attached hydrogens (tertiary/aromatic N) is 4. The first-order valence-corrected chi connectivity index (χ1v) is 11.1. The summed E-state index contributed by atoms with van der Waals surface area (Å²) in [5.74, 6) is 0.560. The number of hydrogen-bond acceptors (Lipinski definition) is 4. The maximum atomic E-state index is 13.2. The second-order valence-corrected chi connectivity index (χ2v) is 8.41. The molecule has 2 aromatic heterocycles. The normalized spacial score (nSPS) is 15.7. The number of hydrogen-bond donors (Lipinski definition) is 0. The Balaban J connectivity index is 1.43. The van der Waals surface area contributed by atoms with Gasteiger partial charge < -0.3 is 9.32 Å². The number of furan rings is 1. The lowest BCUT2D eigenvalue weighted by molar-refractivity contribution is 0.269. The van der Waals surface area contributed by atoms with Crippen LogP contribution in [0.5, 0.6) is 0 Å². The van der Waals surface area contributed by atoms with Crippen LogP contribution in [0.4, 0.5) is 4.39 Å². The molecule has 5 rings (SSSR count). The maximum absolute atomic E-state index is 13.2. The topological polar surface area (TPSA) is 37.4 Å². The van der Waals surface area contributed by atoms with Gasteiger partial charge >= 0.3 is 0 Å². The predicted octanol–water partition coefficient (Wildman–Crippen LogP) is 5.08. The lowest BCUT2D eigenvalue weighted by Crippen LogP contribution is -2.28. The fourth-order valence-electron chi connectivity index (χ4n) is 4.23. The van der Waals surface area contributed by atoms with Gasteiger partial charge in [0.2, 0.25) is 0 Å². The molecule has 1 fully saturated rings. The molecule has 0 atom stereocenters. The van der Waals surface area contributed by atoms with Crippen molar-refractivity contribution in [2.24, 2.45) is 0 Å². The molecule has 0 unspecified atom stereocenters. The molecule has 32 heavy (non-hydrogen) atoms. The number of aromatic nitrogens is 2. The van der Waals surface area contributed by atoms with Crippen LogP contribution in [0, 0.1) is 5.82 Å². The van der Waals surface area contributed by atoms with Crippen molar-refractivity contribution in [3.05, 3.63) is 84.5 Å². The minimum absolute atomic E-state index is 0.226. The van der Waals surface area contributed by atoms with Crippen LogP contribution < -0.4 is 0 Å². The van der Waals surface area contributed by atoms with Crippen molar-refractivity contribution in [1.82, 2.24) is 19.6 Å². The molecule has 3 heterocycles. The van der Waals surface area contributed by atoms with E-state index in [-0.39, 0.29) is 5.82 Å². The lowest BCUT2D eigenvalue weighted by Gasteiger charge is -2.19. The maximum Gasteiger partial charge on any atom is 0.154 e. The van der Waals surface area contributed by atoms with E-state index in [0.29, 0.717) is 0 Å². The zero-order valence-corrected chi connectivity index (χ0v) is 18.2. The van der Waals surface area contributed by atoms with E-state index in [2.05, 4.69) is 23.0 Å². The van der Waals surface area contributed by atoms with Crippen LogP contribution in [0.2, 0.25) is 0 Å². The molecule has 0 N–H and O–H groups in total. The van der Waals surface area contributed by atoms with Crippen molar-refractivity contribution >= 4 is 0 Å². The second kappa shape index (κ2) is 9.10. The monoisotopic (exact) mass is 430 g/mol. The predicted molar refractivity (Wildman–Crippen MR) is 124 cm³/mol. The standard InChI is InChI=1S/C26H27FN4O/c1-29-13-3-14-30(16-15-29)18-22-19-31(28-26(22)25-4-2-17-32-25)24-11-7-21(8-12-24)20-5-9-23(27)10-6-20/h2,4-12,17,19H,3,13-16,18H2,1H3. The summed E-state index contributed by atoms with van der Waals surface area (Å²) >= 11 is 0. The van der Waals surface area contributed by atoms with Crippen LogP contribution in [0.1, 0.15) is 12.0 Å². The molecule has 4 aromatic rings. The van der Waals surface area contributed by atoms with Crippen molar-refractivity contribution in [1.29, 1.82) is 0 Å². The van der Waals surface area contributed by atoms with Crippen LogP contribution in [-0.2, 0) is 6.54 Å². The second-order valence-electron chi connectivity index (χ2n) is 8.41. The fraction of sp³-hybridized carbons (Fsp3) is 0.269. The highest BCUT2D eigenvalue weighted by molar-refractivity contribution is 5.65. The first-order valence-electron chi connectivity index (χ1n) is 11.1. The number of likely N-dealkylation sites (N-methyl/N-ethyl adjacent to an activating group) is 1. The average molecular weight is 431 g/mol. The third-order valence-corrected chi connectivity index (χ3v) is 6.06. The third-order valence-electron chi connectivity index (χ3n) is 6.06. The Morgan fingerprint density at radius 3 is 2.38 bits per heavy atom. The molecule has 0 saturated carbocycles. The summed E-state index contributed by atoms with van der Waals surface area (Å²) in [5.41, 5.74) is 5.05. The molecular weight excluding hydrogens is 403 g/mol. The van der Waals surface area contributed by atoms with Gasteiger partial charge in [0.25, 0.3) is 0 Å². The van der Waals surface area contributed by atoms with Gasteiger partial charge in [0, 0.05) is 31.4 Å². The molecule has 1 saturated heterocycles. The van der Waals surface area contributed by atoms with E-state index in [4.69, 9.17) is 9.52 Å². The highest BCUT2D eigenvalue weighted by atomic mass is 19.1. The van der Waals surface area contributed by atoms with E-state index in [1.165, 1.54) is 18.6 Å². The summed E-state index contributed by atoms with van der Waals surface area (Å²) in [6, 6.07) is 18.6. The summed E-state index contributed by atoms with van der Waals surface area (Å²) in [6.45, 7) is 5.19. The van der Waals surface area contributed by atoms with Gasteiger partial charge in [-0.2, -0.15) is 5.10 Å². The molecule has 5 nitrogen and oxygen atoms in total. The molecule has 0 amide bonds. The van der Waals surface area contributed by atoms with E-state index in [0.717, 1.165) is 66.6 Å². The highest BCUT2D eigenvalue weighted by Gasteiger charge is 2.19. The summed E-state index contributed by atoms with van der Waals surface area (Å²) in [7, 11) is 2.19. The first-order chi connectivity index (χ1) is 15.7.